The molecule has 10 rings (SSSR count). The summed E-state index contributed by atoms with van der Waals surface area (Å²) in [4.78, 5) is 40.8. The van der Waals surface area contributed by atoms with Crippen molar-refractivity contribution in [3.05, 3.63) is 106 Å². The molecule has 2 aliphatic carbocycles. The number of nitrogens with zero attached hydrogens (tertiary/aromatic N) is 5. The molecule has 16 heteroatoms. The Morgan fingerprint density at radius 3 is 2.50 bits per heavy atom. The van der Waals surface area contributed by atoms with E-state index in [2.05, 4.69) is 62.9 Å². The van der Waals surface area contributed by atoms with E-state index >= 15 is 0 Å². The molecule has 2 saturated heterocycles. The van der Waals surface area contributed by atoms with Crippen molar-refractivity contribution < 1.29 is 28.0 Å². The second-order valence-electron chi connectivity index (χ2n) is 20.7. The second kappa shape index (κ2) is 18.3. The van der Waals surface area contributed by atoms with Gasteiger partial charge < -0.3 is 29.9 Å². The van der Waals surface area contributed by atoms with Crippen LogP contribution in [0.1, 0.15) is 125 Å². The molecule has 0 bridgehead atoms. The van der Waals surface area contributed by atoms with E-state index in [0.29, 0.717) is 85.3 Å². The molecule has 4 fully saturated rings. The van der Waals surface area contributed by atoms with Crippen molar-refractivity contribution in [2.24, 2.45) is 11.3 Å². The zero-order valence-electron chi connectivity index (χ0n) is 39.4. The first kappa shape index (κ1) is 46.0. The van der Waals surface area contributed by atoms with Crippen molar-refractivity contribution in [2.75, 3.05) is 54.4 Å². The topological polar surface area (TPSA) is 186 Å². The summed E-state index contributed by atoms with van der Waals surface area (Å²) in [6, 6.07) is 23.2. The molecule has 360 valence electrons. The quantitative estimate of drug-likeness (QED) is 0.0687. The number of aromatic nitrogens is 2. The standard InChI is InChI=1S/C52H64N8O7S/c1-34(2)40-8-4-5-9-41(40)44-10-6-23-58(44)38-31-52(32-38)20-25-57(26-21-52)37-11-13-42(45(29-37)59-24-7-27-67-50-47(59)28-36-17-22-53-48(36)55-50)49(61)56-68(65,66)39-12-14-43(46(30-39)60(63)64)54-33-35-15-18-51(3,62)19-16-35/h4-5,8-9,11-14,17,22,28-30,34-35,38,44,54,62H,6-7,10,15-16,18-21,23-27,31-33H2,1-3H3,(H,53,55)(H,56,61)/t35-,44-,51-/m0/s1. The number of H-pyrrole nitrogens is 1. The molecule has 3 aromatic carbocycles. The Morgan fingerprint density at radius 1 is 0.956 bits per heavy atom. The molecule has 2 saturated carbocycles. The van der Waals surface area contributed by atoms with Gasteiger partial charge in [-0.1, -0.05) is 38.1 Å². The van der Waals surface area contributed by atoms with Crippen molar-refractivity contribution in [2.45, 2.75) is 120 Å². The Kier molecular flexibility index (Phi) is 12.4. The number of nitro benzene ring substituents is 1. The number of carbonyl (C=O) groups excluding carboxylic acids is 1. The van der Waals surface area contributed by atoms with Gasteiger partial charge in [0, 0.05) is 61.6 Å². The van der Waals surface area contributed by atoms with E-state index in [1.807, 2.05) is 42.3 Å². The fourth-order valence-corrected chi connectivity index (χ4v) is 12.8. The normalized spacial score (nSPS) is 23.2. The maximum Gasteiger partial charge on any atom is 0.293 e. The lowest BCUT2D eigenvalue weighted by atomic mass is 9.59. The Bertz CT molecular complexity index is 2800. The van der Waals surface area contributed by atoms with Crippen molar-refractivity contribution in [3.63, 3.8) is 0 Å². The van der Waals surface area contributed by atoms with Crippen LogP contribution in [0.15, 0.2) is 83.9 Å². The van der Waals surface area contributed by atoms with Crippen molar-refractivity contribution in [1.29, 1.82) is 0 Å². The highest BCUT2D eigenvalue weighted by Gasteiger charge is 2.50. The summed E-state index contributed by atoms with van der Waals surface area (Å²) >= 11 is 0. The number of ether oxygens (including phenoxy) is 1. The lowest BCUT2D eigenvalue weighted by Crippen LogP contribution is -2.55. The first-order valence-electron chi connectivity index (χ1n) is 24.6. The number of anilines is 4. The summed E-state index contributed by atoms with van der Waals surface area (Å²) < 4.78 is 36.4. The Labute approximate surface area is 398 Å². The van der Waals surface area contributed by atoms with Gasteiger partial charge in [-0.2, -0.15) is 4.98 Å². The van der Waals surface area contributed by atoms with Crippen molar-refractivity contribution in [1.82, 2.24) is 19.6 Å². The highest BCUT2D eigenvalue weighted by Crippen LogP contribution is 2.54. The largest absolute Gasteiger partial charge is 0.476 e. The molecular weight excluding hydrogens is 881 g/mol. The average molecular weight is 945 g/mol. The highest BCUT2D eigenvalue weighted by atomic mass is 32.2. The van der Waals surface area contributed by atoms with Crippen LogP contribution in [0, 0.1) is 21.4 Å². The van der Waals surface area contributed by atoms with Crippen LogP contribution >= 0.6 is 0 Å². The van der Waals surface area contributed by atoms with Gasteiger partial charge in [0.15, 0.2) is 0 Å². The van der Waals surface area contributed by atoms with Crippen molar-refractivity contribution in [3.8, 4) is 5.88 Å². The number of hydrogen-bond donors (Lipinski definition) is 4. The number of benzene rings is 3. The third-order valence-electron chi connectivity index (χ3n) is 15.8. The summed E-state index contributed by atoms with van der Waals surface area (Å²) in [7, 11) is -4.57. The summed E-state index contributed by atoms with van der Waals surface area (Å²) in [6.07, 6.45) is 12.3. The molecule has 5 heterocycles. The van der Waals surface area contributed by atoms with Gasteiger partial charge >= 0.3 is 0 Å². The monoisotopic (exact) mass is 944 g/mol. The number of rotatable bonds is 12. The van der Waals surface area contributed by atoms with Crippen LogP contribution < -0.4 is 24.6 Å². The summed E-state index contributed by atoms with van der Waals surface area (Å²) in [5.41, 5.74) is 5.26. The molecular formula is C52H64N8O7S. The highest BCUT2D eigenvalue weighted by molar-refractivity contribution is 7.90. The van der Waals surface area contributed by atoms with E-state index in [9.17, 15) is 28.4 Å². The number of hydrogen-bond acceptors (Lipinski definition) is 12. The van der Waals surface area contributed by atoms with Crippen LogP contribution in [-0.4, -0.2) is 90.2 Å². The van der Waals surface area contributed by atoms with E-state index in [1.54, 1.807) is 6.07 Å². The Morgan fingerprint density at radius 2 is 1.74 bits per heavy atom. The predicted octanol–water partition coefficient (Wildman–Crippen LogP) is 9.57. The molecule has 4 N–H and O–H groups in total. The first-order chi connectivity index (χ1) is 32.7. The molecule has 0 unspecified atom stereocenters. The van der Waals surface area contributed by atoms with Gasteiger partial charge in [0.1, 0.15) is 17.0 Å². The van der Waals surface area contributed by atoms with Crippen molar-refractivity contribution >= 4 is 55.4 Å². The van der Waals surface area contributed by atoms with E-state index in [1.165, 1.54) is 48.9 Å². The summed E-state index contributed by atoms with van der Waals surface area (Å²) in [5, 5.41) is 26.6. The number of carbonyl (C=O) groups is 1. The third-order valence-corrected chi connectivity index (χ3v) is 17.1. The molecule has 5 aromatic rings. The SMILES string of the molecule is CC(C)c1ccccc1[C@@H]1CCCN1C1CC2(CCN(c3ccc(C(=O)NS(=O)(=O)c4ccc(NC[C@H]5CC[C@](C)(O)CC5)c([N+](=O)[O-])c4)c(N4CCCOc5nc6[nH]ccc6cc54)c3)CC2)C1. The molecule has 68 heavy (non-hydrogen) atoms. The molecule has 1 amide bonds. The summed E-state index contributed by atoms with van der Waals surface area (Å²) in [5.74, 6) is 0.249. The molecule has 0 radical (unpaired) electrons. The van der Waals surface area contributed by atoms with Gasteiger partial charge in [-0.05, 0) is 155 Å². The Balaban J connectivity index is 0.886. The number of likely N-dealkylation sites (tertiary alicyclic amines) is 1. The number of nitrogens with one attached hydrogen (secondary N) is 3. The van der Waals surface area contributed by atoms with Crippen LogP contribution in [0.5, 0.6) is 5.88 Å². The maximum atomic E-state index is 14.4. The minimum absolute atomic E-state index is 0.133. The lowest BCUT2D eigenvalue weighted by molar-refractivity contribution is -0.384. The van der Waals surface area contributed by atoms with Crippen LogP contribution in [0.2, 0.25) is 0 Å². The van der Waals surface area contributed by atoms with Crippen LogP contribution in [0.25, 0.3) is 11.0 Å². The van der Waals surface area contributed by atoms with Crippen LogP contribution in [0.4, 0.5) is 28.4 Å². The number of amides is 1. The first-order valence-corrected chi connectivity index (χ1v) is 26.1. The third kappa shape index (κ3) is 9.14. The molecule has 15 nitrogen and oxygen atoms in total. The van der Waals surface area contributed by atoms with Gasteiger partial charge in [0.2, 0.25) is 5.88 Å². The van der Waals surface area contributed by atoms with E-state index in [0.717, 1.165) is 62.5 Å². The number of pyridine rings is 1. The molecule has 5 aliphatic rings. The number of nitro groups is 1. The number of piperidine rings is 1. The number of aliphatic hydroxyl groups is 1. The molecule has 1 atom stereocenters. The molecule has 3 aliphatic heterocycles. The van der Waals surface area contributed by atoms with Gasteiger partial charge in [-0.3, -0.25) is 19.8 Å². The predicted molar refractivity (Wildman–Crippen MR) is 265 cm³/mol. The number of fused-ring (bicyclic) bond motifs is 2. The number of aromatic amines is 1. The molecule has 2 aromatic heterocycles. The van der Waals surface area contributed by atoms with Gasteiger partial charge in [-0.15, -0.1) is 0 Å². The maximum absolute atomic E-state index is 14.4. The van der Waals surface area contributed by atoms with E-state index in [4.69, 9.17) is 9.72 Å². The minimum atomic E-state index is -4.57. The van der Waals surface area contributed by atoms with E-state index < -0.39 is 37.0 Å². The smallest absolute Gasteiger partial charge is 0.293 e. The van der Waals surface area contributed by atoms with Gasteiger partial charge in [0.25, 0.3) is 21.6 Å². The van der Waals surface area contributed by atoms with Gasteiger partial charge in [-0.25, -0.2) is 13.1 Å². The second-order valence-corrected chi connectivity index (χ2v) is 22.4. The Hall–Kier alpha value is -5.71. The minimum Gasteiger partial charge on any atom is -0.476 e. The fraction of sp³-hybridized carbons (Fsp3) is 0.500. The average Bonchev–Trinajstić information content (AvgIpc) is 3.95. The fourth-order valence-electron chi connectivity index (χ4n) is 11.8. The van der Waals surface area contributed by atoms with Crippen LogP contribution in [-0.2, 0) is 10.0 Å². The van der Waals surface area contributed by atoms with Crippen LogP contribution in [0.3, 0.4) is 0 Å². The summed E-state index contributed by atoms with van der Waals surface area (Å²) in [6.45, 7) is 10.6. The van der Waals surface area contributed by atoms with E-state index in [-0.39, 0.29) is 17.2 Å². The van der Waals surface area contributed by atoms with Gasteiger partial charge in [0.05, 0.1) is 33.3 Å². The zero-order chi connectivity index (χ0) is 47.4. The number of sulfonamides is 1. The molecule has 1 spiro atoms. The zero-order valence-corrected chi connectivity index (χ0v) is 40.2. The lowest BCUT2D eigenvalue weighted by Gasteiger charge is -2.56.